The number of nitrogens with one attached hydrogen (secondary N) is 1. The van der Waals surface area contributed by atoms with E-state index in [0.29, 0.717) is 0 Å². The van der Waals surface area contributed by atoms with E-state index >= 15 is 0 Å². The molecule has 1 N–H and O–H groups in total. The second-order valence-electron chi connectivity index (χ2n) is 6.04. The minimum absolute atomic E-state index is 0.105. The number of hydrogen-bond acceptors (Lipinski definition) is 6. The monoisotopic (exact) mass is 381 g/mol. The number of hydrogen-bond donors (Lipinski definition) is 1. The summed E-state index contributed by atoms with van der Waals surface area (Å²) in [5, 5.41) is 9.61. The van der Waals surface area contributed by atoms with Gasteiger partial charge >= 0.3 is 6.43 Å². The van der Waals surface area contributed by atoms with E-state index in [1.807, 2.05) is 0 Å². The number of benzene rings is 1. The van der Waals surface area contributed by atoms with Gasteiger partial charge in [0.1, 0.15) is 11.6 Å². The summed E-state index contributed by atoms with van der Waals surface area (Å²) < 4.78 is 58.0. The number of alkyl halides is 2. The molecule has 1 unspecified atom stereocenters. The molecule has 3 aromatic rings. The van der Waals surface area contributed by atoms with E-state index in [2.05, 4.69) is 25.5 Å². The fourth-order valence-electron chi connectivity index (χ4n) is 2.47. The maximum absolute atomic E-state index is 14.1. The third-order valence-corrected chi connectivity index (χ3v) is 3.79. The first-order valence-electron chi connectivity index (χ1n) is 8.01. The molecule has 0 saturated heterocycles. The third kappa shape index (κ3) is 4.04. The van der Waals surface area contributed by atoms with Crippen molar-refractivity contribution in [1.29, 1.82) is 0 Å². The van der Waals surface area contributed by atoms with Crippen LogP contribution in [0.3, 0.4) is 0 Å². The van der Waals surface area contributed by atoms with Crippen molar-refractivity contribution >= 4 is 5.95 Å². The molecule has 3 rings (SSSR count). The molecule has 0 bridgehead atoms. The standard InChI is InChI=1S/C17H15F4N5O/c1-8(2)13(12-10(18)4-3-5-11(12)19)24-17-22-6-9(7-23-17)15-25-26-16(27-15)14(20)21/h3-8,13-14H,1-2H3,(H,22,23,24). The van der Waals surface area contributed by atoms with Crippen molar-refractivity contribution in [3.8, 4) is 11.5 Å². The lowest BCUT2D eigenvalue weighted by molar-refractivity contribution is 0.116. The van der Waals surface area contributed by atoms with Crippen molar-refractivity contribution in [2.24, 2.45) is 5.92 Å². The van der Waals surface area contributed by atoms with Gasteiger partial charge < -0.3 is 9.73 Å². The van der Waals surface area contributed by atoms with Crippen LogP contribution in [0.5, 0.6) is 0 Å². The highest BCUT2D eigenvalue weighted by atomic mass is 19.3. The van der Waals surface area contributed by atoms with E-state index in [1.54, 1.807) is 13.8 Å². The van der Waals surface area contributed by atoms with E-state index in [9.17, 15) is 17.6 Å². The Balaban J connectivity index is 1.83. The van der Waals surface area contributed by atoms with Gasteiger partial charge in [0.25, 0.3) is 11.8 Å². The minimum Gasteiger partial charge on any atom is -0.415 e. The molecule has 2 heterocycles. The van der Waals surface area contributed by atoms with Gasteiger partial charge in [-0.3, -0.25) is 0 Å². The van der Waals surface area contributed by atoms with Crippen LogP contribution in [-0.2, 0) is 0 Å². The van der Waals surface area contributed by atoms with Crippen molar-refractivity contribution in [1.82, 2.24) is 20.2 Å². The van der Waals surface area contributed by atoms with Crippen LogP contribution in [0.25, 0.3) is 11.5 Å². The molecule has 0 aliphatic heterocycles. The van der Waals surface area contributed by atoms with Crippen molar-refractivity contribution in [3.63, 3.8) is 0 Å². The topological polar surface area (TPSA) is 76.7 Å². The van der Waals surface area contributed by atoms with Crippen LogP contribution in [0.2, 0.25) is 0 Å². The zero-order valence-corrected chi connectivity index (χ0v) is 14.3. The van der Waals surface area contributed by atoms with Gasteiger partial charge in [0.05, 0.1) is 11.6 Å². The van der Waals surface area contributed by atoms with Crippen LogP contribution in [0, 0.1) is 17.6 Å². The molecule has 1 aromatic carbocycles. The Bertz CT molecular complexity index is 894. The van der Waals surface area contributed by atoms with Gasteiger partial charge in [-0.2, -0.15) is 8.78 Å². The van der Waals surface area contributed by atoms with E-state index in [4.69, 9.17) is 4.42 Å². The van der Waals surface area contributed by atoms with Crippen LogP contribution in [-0.4, -0.2) is 20.2 Å². The average molecular weight is 381 g/mol. The molecule has 0 amide bonds. The number of rotatable bonds is 6. The van der Waals surface area contributed by atoms with E-state index < -0.39 is 30.0 Å². The SMILES string of the molecule is CC(C)C(Nc1ncc(-c2nnc(C(F)F)o2)cn1)c1c(F)cccc1F. The summed E-state index contributed by atoms with van der Waals surface area (Å²) >= 11 is 0. The fourth-order valence-corrected chi connectivity index (χ4v) is 2.47. The Morgan fingerprint density at radius 2 is 1.63 bits per heavy atom. The third-order valence-electron chi connectivity index (χ3n) is 3.79. The Morgan fingerprint density at radius 3 is 2.15 bits per heavy atom. The van der Waals surface area contributed by atoms with Gasteiger partial charge in [-0.1, -0.05) is 19.9 Å². The van der Waals surface area contributed by atoms with Crippen LogP contribution in [0.15, 0.2) is 35.0 Å². The Morgan fingerprint density at radius 1 is 1.00 bits per heavy atom. The predicted molar refractivity (Wildman–Crippen MR) is 87.8 cm³/mol. The highest BCUT2D eigenvalue weighted by Crippen LogP contribution is 2.30. The van der Waals surface area contributed by atoms with Gasteiger partial charge in [0, 0.05) is 18.0 Å². The molecule has 6 nitrogen and oxygen atoms in total. The normalized spacial score (nSPS) is 12.6. The molecule has 27 heavy (non-hydrogen) atoms. The Kier molecular flexibility index (Phi) is 5.33. The second kappa shape index (κ2) is 7.68. The van der Waals surface area contributed by atoms with Crippen molar-refractivity contribution < 1.29 is 22.0 Å². The highest BCUT2D eigenvalue weighted by Gasteiger charge is 2.24. The molecule has 0 fully saturated rings. The predicted octanol–water partition coefficient (Wildman–Crippen LogP) is 4.55. The lowest BCUT2D eigenvalue weighted by atomic mass is 9.95. The van der Waals surface area contributed by atoms with Gasteiger partial charge in [-0.25, -0.2) is 18.7 Å². The van der Waals surface area contributed by atoms with Crippen LogP contribution in [0.4, 0.5) is 23.5 Å². The van der Waals surface area contributed by atoms with Crippen LogP contribution < -0.4 is 5.32 Å². The lowest BCUT2D eigenvalue weighted by Gasteiger charge is -2.23. The molecule has 2 aromatic heterocycles. The average Bonchev–Trinajstić information content (AvgIpc) is 3.11. The molecule has 0 saturated carbocycles. The minimum atomic E-state index is -2.88. The summed E-state index contributed by atoms with van der Waals surface area (Å²) in [6, 6.07) is 2.92. The zero-order valence-electron chi connectivity index (χ0n) is 14.3. The first kappa shape index (κ1) is 18.7. The van der Waals surface area contributed by atoms with Crippen LogP contribution >= 0.6 is 0 Å². The van der Waals surface area contributed by atoms with E-state index in [0.717, 1.165) is 0 Å². The summed E-state index contributed by atoms with van der Waals surface area (Å²) in [6.45, 7) is 3.59. The lowest BCUT2D eigenvalue weighted by Crippen LogP contribution is -2.21. The summed E-state index contributed by atoms with van der Waals surface area (Å²) in [7, 11) is 0. The summed E-state index contributed by atoms with van der Waals surface area (Å²) in [5.74, 6) is -2.39. The first-order chi connectivity index (χ1) is 12.9. The molecule has 0 spiro atoms. The largest absolute Gasteiger partial charge is 0.415 e. The molecule has 0 aliphatic rings. The quantitative estimate of drug-likeness (QED) is 0.631. The Labute approximate surface area is 151 Å². The molecule has 1 atom stereocenters. The smallest absolute Gasteiger partial charge is 0.314 e. The van der Waals surface area contributed by atoms with Gasteiger partial charge in [0.2, 0.25) is 5.95 Å². The van der Waals surface area contributed by atoms with Crippen molar-refractivity contribution in [3.05, 3.63) is 53.7 Å². The van der Waals surface area contributed by atoms with Gasteiger partial charge in [0.15, 0.2) is 0 Å². The summed E-state index contributed by atoms with van der Waals surface area (Å²) in [4.78, 5) is 8.07. The van der Waals surface area contributed by atoms with Crippen LogP contribution in [0.1, 0.15) is 37.8 Å². The second-order valence-corrected chi connectivity index (χ2v) is 6.04. The number of anilines is 1. The number of aromatic nitrogens is 4. The molecular weight excluding hydrogens is 366 g/mol. The van der Waals surface area contributed by atoms with Gasteiger partial charge in [-0.05, 0) is 18.1 Å². The van der Waals surface area contributed by atoms with Crippen molar-refractivity contribution in [2.45, 2.75) is 26.3 Å². The van der Waals surface area contributed by atoms with Gasteiger partial charge in [-0.15, -0.1) is 10.2 Å². The molecule has 10 heteroatoms. The highest BCUT2D eigenvalue weighted by molar-refractivity contribution is 5.50. The van der Waals surface area contributed by atoms with E-state index in [-0.39, 0.29) is 28.9 Å². The zero-order chi connectivity index (χ0) is 19.6. The number of nitrogens with zero attached hydrogens (tertiary/aromatic N) is 4. The van der Waals surface area contributed by atoms with Crippen molar-refractivity contribution in [2.75, 3.05) is 5.32 Å². The Hall–Kier alpha value is -3.04. The molecular formula is C17H15F4N5O. The number of halogens is 4. The summed E-state index contributed by atoms with van der Waals surface area (Å²) in [5.41, 5.74) is 0.122. The maximum Gasteiger partial charge on any atom is 0.314 e. The molecule has 0 radical (unpaired) electrons. The van der Waals surface area contributed by atoms with E-state index in [1.165, 1.54) is 30.6 Å². The first-order valence-corrected chi connectivity index (χ1v) is 8.01. The maximum atomic E-state index is 14.1. The fraction of sp³-hybridized carbons (Fsp3) is 0.294. The molecule has 142 valence electrons. The molecule has 0 aliphatic carbocycles. The summed E-state index contributed by atoms with van der Waals surface area (Å²) in [6.07, 6.45) is -0.309.